The molecule has 0 bridgehead atoms. The number of aryl methyl sites for hydroxylation is 1. The highest BCUT2D eigenvalue weighted by atomic mass is 16.5. The zero-order valence-electron chi connectivity index (χ0n) is 10.0. The van der Waals surface area contributed by atoms with Crippen molar-refractivity contribution in [2.45, 2.75) is 19.3 Å². The van der Waals surface area contributed by atoms with Crippen LogP contribution in [0.2, 0.25) is 0 Å². The van der Waals surface area contributed by atoms with Crippen molar-refractivity contribution in [3.05, 3.63) is 65.2 Å². The first-order chi connectivity index (χ1) is 8.33. The standard InChI is InChI=1S/C16H16O/c1-12-5-4-7-15(9-12)17-11-14-10-13-6-2-3-8-16(13)14/h2-9,14H,10-11H2,1H3. The first-order valence-electron chi connectivity index (χ1n) is 6.10. The SMILES string of the molecule is Cc1cccc(OCC2Cc3ccccc32)c1. The van der Waals surface area contributed by atoms with Crippen LogP contribution in [0.3, 0.4) is 0 Å². The molecule has 3 rings (SSSR count). The Kier molecular flexibility index (Phi) is 2.60. The molecule has 1 aliphatic rings. The third kappa shape index (κ3) is 2.05. The van der Waals surface area contributed by atoms with Crippen LogP contribution in [0.15, 0.2) is 48.5 Å². The minimum Gasteiger partial charge on any atom is -0.493 e. The zero-order valence-corrected chi connectivity index (χ0v) is 10.0. The fourth-order valence-corrected chi connectivity index (χ4v) is 2.41. The van der Waals surface area contributed by atoms with Gasteiger partial charge in [-0.15, -0.1) is 0 Å². The molecule has 1 unspecified atom stereocenters. The van der Waals surface area contributed by atoms with Gasteiger partial charge in [0.25, 0.3) is 0 Å². The van der Waals surface area contributed by atoms with Crippen LogP contribution in [0.5, 0.6) is 5.75 Å². The maximum absolute atomic E-state index is 5.85. The van der Waals surface area contributed by atoms with E-state index in [2.05, 4.69) is 43.3 Å². The van der Waals surface area contributed by atoms with Gasteiger partial charge in [0.1, 0.15) is 5.75 Å². The minimum atomic E-state index is 0.576. The first-order valence-corrected chi connectivity index (χ1v) is 6.10. The molecule has 2 aromatic rings. The van der Waals surface area contributed by atoms with Gasteiger partial charge in [0.2, 0.25) is 0 Å². The first kappa shape index (κ1) is 10.4. The van der Waals surface area contributed by atoms with Crippen LogP contribution in [0, 0.1) is 6.92 Å². The molecule has 0 aliphatic heterocycles. The number of benzene rings is 2. The van der Waals surface area contributed by atoms with E-state index in [0.717, 1.165) is 18.8 Å². The molecule has 1 atom stereocenters. The predicted molar refractivity (Wildman–Crippen MR) is 69.6 cm³/mol. The van der Waals surface area contributed by atoms with Crippen LogP contribution >= 0.6 is 0 Å². The van der Waals surface area contributed by atoms with E-state index in [1.165, 1.54) is 16.7 Å². The molecule has 1 heteroatoms. The number of fused-ring (bicyclic) bond motifs is 1. The molecular formula is C16H16O. The van der Waals surface area contributed by atoms with E-state index in [1.54, 1.807) is 0 Å². The fraction of sp³-hybridized carbons (Fsp3) is 0.250. The highest BCUT2D eigenvalue weighted by Gasteiger charge is 2.25. The van der Waals surface area contributed by atoms with Gasteiger partial charge in [-0.3, -0.25) is 0 Å². The van der Waals surface area contributed by atoms with Crippen molar-refractivity contribution in [2.24, 2.45) is 0 Å². The summed E-state index contributed by atoms with van der Waals surface area (Å²) in [5.74, 6) is 1.56. The Balaban J connectivity index is 1.64. The van der Waals surface area contributed by atoms with Crippen LogP contribution in [0.1, 0.15) is 22.6 Å². The molecule has 2 aromatic carbocycles. The molecule has 0 saturated heterocycles. The monoisotopic (exact) mass is 224 g/mol. The normalized spacial score (nSPS) is 17.1. The summed E-state index contributed by atoms with van der Waals surface area (Å²) in [6.07, 6.45) is 1.15. The second-order valence-corrected chi connectivity index (χ2v) is 4.73. The topological polar surface area (TPSA) is 9.23 Å². The summed E-state index contributed by atoms with van der Waals surface area (Å²) in [7, 11) is 0. The number of ether oxygens (including phenoxy) is 1. The lowest BCUT2D eigenvalue weighted by atomic mass is 9.78. The van der Waals surface area contributed by atoms with Crippen molar-refractivity contribution in [3.8, 4) is 5.75 Å². The third-order valence-electron chi connectivity index (χ3n) is 3.40. The lowest BCUT2D eigenvalue weighted by Gasteiger charge is -2.29. The summed E-state index contributed by atoms with van der Waals surface area (Å²) in [4.78, 5) is 0. The van der Waals surface area contributed by atoms with E-state index >= 15 is 0 Å². The maximum Gasteiger partial charge on any atom is 0.119 e. The van der Waals surface area contributed by atoms with Crippen molar-refractivity contribution in [3.63, 3.8) is 0 Å². The third-order valence-corrected chi connectivity index (χ3v) is 3.40. The van der Waals surface area contributed by atoms with E-state index in [1.807, 2.05) is 12.1 Å². The van der Waals surface area contributed by atoms with Gasteiger partial charge >= 0.3 is 0 Å². The average Bonchev–Trinajstić information content (AvgIpc) is 2.30. The molecule has 0 aromatic heterocycles. The van der Waals surface area contributed by atoms with E-state index < -0.39 is 0 Å². The minimum absolute atomic E-state index is 0.576. The molecule has 0 heterocycles. The van der Waals surface area contributed by atoms with Crippen LogP contribution in [0.4, 0.5) is 0 Å². The molecule has 1 aliphatic carbocycles. The van der Waals surface area contributed by atoms with Gasteiger partial charge in [0, 0.05) is 5.92 Å². The summed E-state index contributed by atoms with van der Waals surface area (Å²) in [6.45, 7) is 2.88. The number of rotatable bonds is 3. The summed E-state index contributed by atoms with van der Waals surface area (Å²) in [5.41, 5.74) is 4.18. The van der Waals surface area contributed by atoms with Gasteiger partial charge < -0.3 is 4.74 Å². The lowest BCUT2D eigenvalue weighted by Crippen LogP contribution is -2.23. The summed E-state index contributed by atoms with van der Waals surface area (Å²) >= 11 is 0. The largest absolute Gasteiger partial charge is 0.493 e. The highest BCUT2D eigenvalue weighted by Crippen LogP contribution is 2.35. The van der Waals surface area contributed by atoms with Crippen molar-refractivity contribution in [1.29, 1.82) is 0 Å². The molecule has 0 amide bonds. The van der Waals surface area contributed by atoms with E-state index in [4.69, 9.17) is 4.74 Å². The second-order valence-electron chi connectivity index (χ2n) is 4.73. The van der Waals surface area contributed by atoms with E-state index in [9.17, 15) is 0 Å². The molecule has 0 saturated carbocycles. The van der Waals surface area contributed by atoms with Crippen LogP contribution < -0.4 is 4.74 Å². The van der Waals surface area contributed by atoms with E-state index in [0.29, 0.717) is 5.92 Å². The second kappa shape index (κ2) is 4.25. The molecule has 1 nitrogen and oxygen atoms in total. The van der Waals surface area contributed by atoms with Crippen molar-refractivity contribution in [1.82, 2.24) is 0 Å². The number of hydrogen-bond acceptors (Lipinski definition) is 1. The Morgan fingerprint density at radius 3 is 2.82 bits per heavy atom. The Bertz CT molecular complexity index is 531. The average molecular weight is 224 g/mol. The molecular weight excluding hydrogens is 208 g/mol. The van der Waals surface area contributed by atoms with Gasteiger partial charge in [-0.1, -0.05) is 36.4 Å². The van der Waals surface area contributed by atoms with Gasteiger partial charge in [0.05, 0.1) is 6.61 Å². The summed E-state index contributed by atoms with van der Waals surface area (Å²) in [5, 5.41) is 0. The predicted octanol–water partition coefficient (Wildman–Crippen LogP) is 3.71. The van der Waals surface area contributed by atoms with Gasteiger partial charge in [-0.2, -0.15) is 0 Å². The molecule has 0 N–H and O–H groups in total. The molecule has 86 valence electrons. The van der Waals surface area contributed by atoms with Gasteiger partial charge in [0.15, 0.2) is 0 Å². The maximum atomic E-state index is 5.85. The molecule has 17 heavy (non-hydrogen) atoms. The Hall–Kier alpha value is -1.76. The lowest BCUT2D eigenvalue weighted by molar-refractivity contribution is 0.275. The van der Waals surface area contributed by atoms with Crippen LogP contribution in [-0.2, 0) is 6.42 Å². The van der Waals surface area contributed by atoms with Crippen molar-refractivity contribution >= 4 is 0 Å². The summed E-state index contributed by atoms with van der Waals surface area (Å²) < 4.78 is 5.85. The zero-order chi connectivity index (χ0) is 11.7. The van der Waals surface area contributed by atoms with Gasteiger partial charge in [-0.25, -0.2) is 0 Å². The van der Waals surface area contributed by atoms with Crippen LogP contribution in [-0.4, -0.2) is 6.61 Å². The molecule has 0 fully saturated rings. The van der Waals surface area contributed by atoms with Crippen LogP contribution in [0.25, 0.3) is 0 Å². The Labute approximate surface area is 102 Å². The number of hydrogen-bond donors (Lipinski definition) is 0. The molecule has 0 spiro atoms. The fourth-order valence-electron chi connectivity index (χ4n) is 2.41. The highest BCUT2D eigenvalue weighted by molar-refractivity contribution is 5.40. The van der Waals surface area contributed by atoms with Crippen molar-refractivity contribution < 1.29 is 4.74 Å². The summed E-state index contributed by atoms with van der Waals surface area (Å²) in [6, 6.07) is 16.9. The quantitative estimate of drug-likeness (QED) is 0.772. The molecule has 0 radical (unpaired) electrons. The van der Waals surface area contributed by atoms with E-state index in [-0.39, 0.29) is 0 Å². The smallest absolute Gasteiger partial charge is 0.119 e. The Morgan fingerprint density at radius 1 is 1.12 bits per heavy atom. The van der Waals surface area contributed by atoms with Gasteiger partial charge in [-0.05, 0) is 42.2 Å². The Morgan fingerprint density at radius 2 is 2.00 bits per heavy atom. The van der Waals surface area contributed by atoms with Crippen molar-refractivity contribution in [2.75, 3.05) is 6.61 Å².